The SMILES string of the molecule is Cc1ccc(C)c(-c2nn(C)c(=O)[nH]2)c1.O=CO. The second kappa shape index (κ2) is 5.81. The zero-order valence-electron chi connectivity index (χ0n) is 10.5. The van der Waals surface area contributed by atoms with E-state index in [-0.39, 0.29) is 12.2 Å². The number of rotatable bonds is 1. The summed E-state index contributed by atoms with van der Waals surface area (Å²) in [7, 11) is 1.63. The van der Waals surface area contributed by atoms with Crippen molar-refractivity contribution in [1.29, 1.82) is 0 Å². The largest absolute Gasteiger partial charge is 0.483 e. The fourth-order valence-electron chi connectivity index (χ4n) is 1.51. The predicted octanol–water partition coefficient (Wildman–Crippen LogP) is 1.09. The number of aromatic amines is 1. The molecule has 0 spiro atoms. The smallest absolute Gasteiger partial charge is 0.343 e. The van der Waals surface area contributed by atoms with Gasteiger partial charge in [-0.1, -0.05) is 17.7 Å². The lowest BCUT2D eigenvalue weighted by Gasteiger charge is -2.02. The summed E-state index contributed by atoms with van der Waals surface area (Å²) < 4.78 is 1.30. The Kier molecular flexibility index (Phi) is 4.42. The van der Waals surface area contributed by atoms with Gasteiger partial charge in [0.15, 0.2) is 5.82 Å². The summed E-state index contributed by atoms with van der Waals surface area (Å²) in [5, 5.41) is 11.0. The number of carboxylic acid groups (broad SMARTS) is 1. The van der Waals surface area contributed by atoms with Crippen molar-refractivity contribution in [2.75, 3.05) is 0 Å². The lowest BCUT2D eigenvalue weighted by Crippen LogP contribution is -2.13. The van der Waals surface area contributed by atoms with E-state index in [1.807, 2.05) is 32.0 Å². The van der Waals surface area contributed by atoms with E-state index in [1.54, 1.807) is 7.05 Å². The quantitative estimate of drug-likeness (QED) is 0.740. The van der Waals surface area contributed by atoms with E-state index in [1.165, 1.54) is 4.68 Å². The second-order valence-electron chi connectivity index (χ2n) is 3.83. The maximum Gasteiger partial charge on any atom is 0.343 e. The lowest BCUT2D eigenvalue weighted by molar-refractivity contribution is -0.122. The van der Waals surface area contributed by atoms with Crippen molar-refractivity contribution in [2.45, 2.75) is 13.8 Å². The van der Waals surface area contributed by atoms with E-state index in [2.05, 4.69) is 10.1 Å². The van der Waals surface area contributed by atoms with Crippen LogP contribution in [0.15, 0.2) is 23.0 Å². The first-order chi connectivity index (χ1) is 8.49. The van der Waals surface area contributed by atoms with Crippen molar-refractivity contribution in [2.24, 2.45) is 7.05 Å². The molecule has 0 radical (unpaired) electrons. The van der Waals surface area contributed by atoms with Crippen molar-refractivity contribution in [3.63, 3.8) is 0 Å². The highest BCUT2D eigenvalue weighted by Gasteiger charge is 2.07. The molecule has 18 heavy (non-hydrogen) atoms. The zero-order valence-corrected chi connectivity index (χ0v) is 10.5. The van der Waals surface area contributed by atoms with E-state index in [0.717, 1.165) is 16.7 Å². The molecule has 0 aliphatic carbocycles. The normalized spacial score (nSPS) is 9.50. The first-order valence-electron chi connectivity index (χ1n) is 5.28. The molecule has 6 heteroatoms. The molecule has 0 saturated carbocycles. The van der Waals surface area contributed by atoms with Crippen molar-refractivity contribution in [3.05, 3.63) is 39.8 Å². The molecule has 0 aliphatic rings. The van der Waals surface area contributed by atoms with Crippen LogP contribution in [-0.2, 0) is 11.8 Å². The Labute approximate surface area is 104 Å². The minimum atomic E-state index is -0.250. The van der Waals surface area contributed by atoms with Crippen LogP contribution >= 0.6 is 0 Å². The molecule has 2 aromatic rings. The van der Waals surface area contributed by atoms with Crippen LogP contribution in [0.5, 0.6) is 0 Å². The van der Waals surface area contributed by atoms with E-state index in [9.17, 15) is 4.79 Å². The molecule has 0 saturated heterocycles. The highest BCUT2D eigenvalue weighted by molar-refractivity contribution is 5.60. The maximum atomic E-state index is 11.3. The van der Waals surface area contributed by atoms with Crippen LogP contribution in [0.2, 0.25) is 0 Å². The summed E-state index contributed by atoms with van der Waals surface area (Å²) in [6, 6.07) is 6.09. The van der Waals surface area contributed by atoms with Gasteiger partial charge in [0.25, 0.3) is 6.47 Å². The first-order valence-corrected chi connectivity index (χ1v) is 5.28. The number of hydrogen-bond donors (Lipinski definition) is 2. The Bertz CT molecular complexity index is 599. The standard InChI is InChI=1S/C11H13N3O.CH2O2/c1-7-4-5-8(2)9(6-7)10-12-11(15)14(3)13-10;2-1-3/h4-6H,1-3H3,(H,12,13,15);1H,(H,2,3). The highest BCUT2D eigenvalue weighted by atomic mass is 16.3. The molecule has 0 bridgehead atoms. The third kappa shape index (κ3) is 3.07. The number of nitrogens with one attached hydrogen (secondary N) is 1. The van der Waals surface area contributed by atoms with Crippen LogP contribution in [0.3, 0.4) is 0 Å². The Hall–Kier alpha value is -2.37. The average molecular weight is 249 g/mol. The van der Waals surface area contributed by atoms with Gasteiger partial charge >= 0.3 is 5.69 Å². The lowest BCUT2D eigenvalue weighted by atomic mass is 10.1. The predicted molar refractivity (Wildman–Crippen MR) is 67.4 cm³/mol. The van der Waals surface area contributed by atoms with Gasteiger partial charge in [0.1, 0.15) is 0 Å². The number of carbonyl (C=O) groups is 1. The van der Waals surface area contributed by atoms with E-state index in [0.29, 0.717) is 5.82 Å². The third-order valence-electron chi connectivity index (χ3n) is 2.42. The zero-order chi connectivity index (χ0) is 13.7. The maximum absolute atomic E-state index is 11.3. The van der Waals surface area contributed by atoms with Crippen LogP contribution in [0.4, 0.5) is 0 Å². The van der Waals surface area contributed by atoms with Gasteiger partial charge in [-0.05, 0) is 25.5 Å². The monoisotopic (exact) mass is 249 g/mol. The van der Waals surface area contributed by atoms with Crippen LogP contribution in [0.1, 0.15) is 11.1 Å². The molecule has 2 rings (SSSR count). The van der Waals surface area contributed by atoms with Crippen LogP contribution in [0.25, 0.3) is 11.4 Å². The molecular formula is C12H15N3O3. The van der Waals surface area contributed by atoms with Gasteiger partial charge in [-0.15, -0.1) is 0 Å². The molecule has 0 atom stereocenters. The van der Waals surface area contributed by atoms with Gasteiger partial charge in [0, 0.05) is 12.6 Å². The van der Waals surface area contributed by atoms with Crippen LogP contribution in [-0.4, -0.2) is 26.3 Å². The van der Waals surface area contributed by atoms with Crippen LogP contribution < -0.4 is 5.69 Å². The van der Waals surface area contributed by atoms with Gasteiger partial charge in [0.2, 0.25) is 0 Å². The van der Waals surface area contributed by atoms with E-state index >= 15 is 0 Å². The summed E-state index contributed by atoms with van der Waals surface area (Å²) in [5.41, 5.74) is 3.05. The fourth-order valence-corrected chi connectivity index (χ4v) is 1.51. The summed E-state index contributed by atoms with van der Waals surface area (Å²) in [4.78, 5) is 22.3. The highest BCUT2D eigenvalue weighted by Crippen LogP contribution is 2.19. The number of aromatic nitrogens is 3. The number of benzene rings is 1. The van der Waals surface area contributed by atoms with Gasteiger partial charge in [-0.25, -0.2) is 9.48 Å². The summed E-state index contributed by atoms with van der Waals surface area (Å²) in [6.07, 6.45) is 0. The van der Waals surface area contributed by atoms with Crippen molar-refractivity contribution >= 4 is 6.47 Å². The van der Waals surface area contributed by atoms with Crippen molar-refractivity contribution < 1.29 is 9.90 Å². The molecule has 0 fully saturated rings. The molecule has 2 N–H and O–H groups in total. The summed E-state index contributed by atoms with van der Waals surface area (Å²) >= 11 is 0. The minimum Gasteiger partial charge on any atom is -0.483 e. The van der Waals surface area contributed by atoms with Gasteiger partial charge < -0.3 is 5.11 Å². The number of aryl methyl sites for hydroxylation is 3. The molecule has 1 aromatic heterocycles. The van der Waals surface area contributed by atoms with E-state index < -0.39 is 0 Å². The first kappa shape index (κ1) is 13.7. The van der Waals surface area contributed by atoms with Gasteiger partial charge in [-0.3, -0.25) is 9.78 Å². The second-order valence-corrected chi connectivity index (χ2v) is 3.83. The molecule has 96 valence electrons. The molecular weight excluding hydrogens is 234 g/mol. The Balaban J connectivity index is 0.000000492. The van der Waals surface area contributed by atoms with Crippen LogP contribution in [0, 0.1) is 13.8 Å². The number of hydrogen-bond acceptors (Lipinski definition) is 3. The number of H-pyrrole nitrogens is 1. The van der Waals surface area contributed by atoms with E-state index in [4.69, 9.17) is 9.90 Å². The average Bonchev–Trinajstić information content (AvgIpc) is 2.64. The molecule has 1 aromatic carbocycles. The Morgan fingerprint density at radius 2 is 2.00 bits per heavy atom. The van der Waals surface area contributed by atoms with Crippen molar-refractivity contribution in [3.8, 4) is 11.4 Å². The molecule has 0 unspecified atom stereocenters. The Morgan fingerprint density at radius 3 is 2.50 bits per heavy atom. The molecule has 1 heterocycles. The minimum absolute atomic E-state index is 0.189. The fraction of sp³-hybridized carbons (Fsp3) is 0.250. The Morgan fingerprint density at radius 1 is 1.39 bits per heavy atom. The summed E-state index contributed by atoms with van der Waals surface area (Å²) in [5.74, 6) is 0.628. The summed E-state index contributed by atoms with van der Waals surface area (Å²) in [6.45, 7) is 3.77. The molecule has 0 aliphatic heterocycles. The molecule has 6 nitrogen and oxygen atoms in total. The topological polar surface area (TPSA) is 88.0 Å². The molecule has 0 amide bonds. The third-order valence-corrected chi connectivity index (χ3v) is 2.42. The van der Waals surface area contributed by atoms with Gasteiger partial charge in [-0.2, -0.15) is 5.10 Å². The number of nitrogens with zero attached hydrogens (tertiary/aromatic N) is 2. The van der Waals surface area contributed by atoms with Crippen molar-refractivity contribution in [1.82, 2.24) is 14.8 Å². The van der Waals surface area contributed by atoms with Gasteiger partial charge in [0.05, 0.1) is 0 Å².